The number of benzene rings is 1. The summed E-state index contributed by atoms with van der Waals surface area (Å²) < 4.78 is 39.7. The Bertz CT molecular complexity index is 845. The average Bonchev–Trinajstić information content (AvgIpc) is 2.63. The first-order valence-corrected chi connectivity index (χ1v) is 9.28. The molecule has 1 fully saturated rings. The molecule has 4 nitrogen and oxygen atoms in total. The fourth-order valence-electron chi connectivity index (χ4n) is 3.20. The van der Waals surface area contributed by atoms with Crippen LogP contribution in [0.4, 0.5) is 18.9 Å². The van der Waals surface area contributed by atoms with E-state index >= 15 is 0 Å². The molecule has 2 aromatic rings. The zero-order valence-electron chi connectivity index (χ0n) is 14.7. The fraction of sp³-hybridized carbons (Fsp3) is 0.421. The largest absolute Gasteiger partial charge is 0.417 e. The zero-order chi connectivity index (χ0) is 19.4. The molecule has 1 aliphatic rings. The van der Waals surface area contributed by atoms with Crippen LogP contribution >= 0.6 is 11.6 Å². The van der Waals surface area contributed by atoms with Crippen LogP contribution in [-0.4, -0.2) is 35.6 Å². The first-order chi connectivity index (χ1) is 12.8. The molecule has 0 amide bonds. The molecular weight excluding hydrogens is 379 g/mol. The van der Waals surface area contributed by atoms with Gasteiger partial charge in [0, 0.05) is 31.0 Å². The van der Waals surface area contributed by atoms with Crippen LogP contribution in [0.3, 0.4) is 0 Å². The maximum atomic E-state index is 12.9. The van der Waals surface area contributed by atoms with Crippen molar-refractivity contribution in [3.63, 3.8) is 0 Å². The molecule has 2 heterocycles. The number of rotatable bonds is 5. The predicted molar refractivity (Wildman–Crippen MR) is 101 cm³/mol. The van der Waals surface area contributed by atoms with Crippen LogP contribution in [0.1, 0.15) is 24.8 Å². The second-order valence-electron chi connectivity index (χ2n) is 6.62. The van der Waals surface area contributed by atoms with Crippen molar-refractivity contribution in [2.45, 2.75) is 25.4 Å². The van der Waals surface area contributed by atoms with Crippen molar-refractivity contribution >= 4 is 17.3 Å². The van der Waals surface area contributed by atoms with E-state index in [0.29, 0.717) is 0 Å². The van der Waals surface area contributed by atoms with Crippen molar-refractivity contribution in [2.75, 3.05) is 31.5 Å². The molecule has 0 bridgehead atoms. The zero-order valence-corrected chi connectivity index (χ0v) is 15.5. The molecule has 8 heteroatoms. The van der Waals surface area contributed by atoms with Crippen molar-refractivity contribution < 1.29 is 13.2 Å². The minimum atomic E-state index is -4.53. The summed E-state index contributed by atoms with van der Waals surface area (Å²) in [6, 6.07) is 6.55. The topological polar surface area (TPSA) is 37.3 Å². The number of halogens is 4. The van der Waals surface area contributed by atoms with Gasteiger partial charge in [0.2, 0.25) is 0 Å². The summed E-state index contributed by atoms with van der Waals surface area (Å²) in [7, 11) is 0. The van der Waals surface area contributed by atoms with Gasteiger partial charge in [0.05, 0.1) is 16.3 Å². The molecule has 1 aromatic heterocycles. The normalized spacial score (nSPS) is 15.7. The maximum Gasteiger partial charge on any atom is 0.417 e. The second-order valence-corrected chi connectivity index (χ2v) is 7.03. The number of alkyl halides is 3. The van der Waals surface area contributed by atoms with Gasteiger partial charge in [0.15, 0.2) is 0 Å². The smallest absolute Gasteiger partial charge is 0.384 e. The van der Waals surface area contributed by atoms with Gasteiger partial charge in [-0.3, -0.25) is 9.36 Å². The molecule has 1 aliphatic heterocycles. The van der Waals surface area contributed by atoms with Crippen molar-refractivity contribution in [2.24, 2.45) is 0 Å². The van der Waals surface area contributed by atoms with Crippen LogP contribution in [0.25, 0.3) is 5.69 Å². The summed E-state index contributed by atoms with van der Waals surface area (Å²) in [5, 5.41) is 3.48. The monoisotopic (exact) mass is 399 g/mol. The first kappa shape index (κ1) is 19.8. The van der Waals surface area contributed by atoms with Crippen LogP contribution < -0.4 is 10.9 Å². The van der Waals surface area contributed by atoms with Crippen molar-refractivity contribution in [3.8, 4) is 5.69 Å². The molecule has 0 unspecified atom stereocenters. The van der Waals surface area contributed by atoms with Crippen LogP contribution in [0.15, 0.2) is 41.3 Å². The lowest BCUT2D eigenvalue weighted by Gasteiger charge is -2.26. The standard InChI is InChI=1S/C19H21ClF3N3O/c20-16-12-15(24-8-11-25-9-2-1-3-10-25)5-6-17(16)26-13-14(19(21,22)23)4-7-18(26)27/h4-7,12-13,24H,1-3,8-11H2. The summed E-state index contributed by atoms with van der Waals surface area (Å²) >= 11 is 6.24. The molecule has 1 aromatic carbocycles. The number of hydrogen-bond acceptors (Lipinski definition) is 3. The number of hydrogen-bond donors (Lipinski definition) is 1. The van der Waals surface area contributed by atoms with Crippen molar-refractivity contribution in [1.82, 2.24) is 9.47 Å². The Labute approximate surface area is 160 Å². The molecule has 0 saturated carbocycles. The van der Waals surface area contributed by atoms with E-state index in [-0.39, 0.29) is 10.7 Å². The van der Waals surface area contributed by atoms with Gasteiger partial charge in [-0.25, -0.2) is 0 Å². The number of likely N-dealkylation sites (tertiary alicyclic amines) is 1. The molecule has 0 aliphatic carbocycles. The summed E-state index contributed by atoms with van der Waals surface area (Å²) in [6.45, 7) is 3.89. The lowest BCUT2D eigenvalue weighted by molar-refractivity contribution is -0.138. The van der Waals surface area contributed by atoms with Gasteiger partial charge in [0.1, 0.15) is 0 Å². The minimum absolute atomic E-state index is 0.208. The Balaban J connectivity index is 1.72. The first-order valence-electron chi connectivity index (χ1n) is 8.91. The molecule has 3 rings (SSSR count). The molecule has 0 atom stereocenters. The summed E-state index contributed by atoms with van der Waals surface area (Å²) in [5.41, 5.74) is -0.493. The fourth-order valence-corrected chi connectivity index (χ4v) is 3.47. The van der Waals surface area contributed by atoms with Crippen molar-refractivity contribution in [1.29, 1.82) is 0 Å². The van der Waals surface area contributed by atoms with E-state index in [1.165, 1.54) is 19.3 Å². The van der Waals surface area contributed by atoms with Crippen LogP contribution in [0, 0.1) is 0 Å². The quantitative estimate of drug-likeness (QED) is 0.809. The second kappa shape index (κ2) is 8.35. The lowest BCUT2D eigenvalue weighted by Crippen LogP contribution is -2.33. The number of nitrogens with one attached hydrogen (secondary N) is 1. The Morgan fingerprint density at radius 3 is 2.48 bits per heavy atom. The molecule has 0 spiro atoms. The van der Waals surface area contributed by atoms with E-state index in [9.17, 15) is 18.0 Å². The van der Waals surface area contributed by atoms with Gasteiger partial charge in [0.25, 0.3) is 5.56 Å². The highest BCUT2D eigenvalue weighted by Crippen LogP contribution is 2.30. The highest BCUT2D eigenvalue weighted by atomic mass is 35.5. The molecule has 1 N–H and O–H groups in total. The molecule has 1 saturated heterocycles. The van der Waals surface area contributed by atoms with Crippen LogP contribution in [0.2, 0.25) is 5.02 Å². The lowest BCUT2D eigenvalue weighted by atomic mass is 10.1. The third kappa shape index (κ3) is 5.05. The van der Waals surface area contributed by atoms with Crippen LogP contribution in [-0.2, 0) is 6.18 Å². The Kier molecular flexibility index (Phi) is 6.11. The van der Waals surface area contributed by atoms with E-state index in [1.807, 2.05) is 0 Å². The van der Waals surface area contributed by atoms with E-state index in [1.54, 1.807) is 18.2 Å². The SMILES string of the molecule is O=c1ccc(C(F)(F)F)cn1-c1ccc(NCCN2CCCCC2)cc1Cl. The van der Waals surface area contributed by atoms with Gasteiger partial charge in [-0.1, -0.05) is 18.0 Å². The summed E-state index contributed by atoms with van der Waals surface area (Å²) in [5.74, 6) is 0. The van der Waals surface area contributed by atoms with E-state index < -0.39 is 17.3 Å². The highest BCUT2D eigenvalue weighted by molar-refractivity contribution is 6.32. The van der Waals surface area contributed by atoms with Gasteiger partial charge < -0.3 is 10.2 Å². The van der Waals surface area contributed by atoms with E-state index in [0.717, 1.165) is 54.8 Å². The highest BCUT2D eigenvalue weighted by Gasteiger charge is 2.31. The Hall–Kier alpha value is -1.99. The van der Waals surface area contributed by atoms with Gasteiger partial charge in [-0.15, -0.1) is 0 Å². The molecule has 0 radical (unpaired) electrons. The van der Waals surface area contributed by atoms with Gasteiger partial charge in [-0.2, -0.15) is 13.2 Å². The minimum Gasteiger partial charge on any atom is -0.384 e. The summed E-state index contributed by atoms with van der Waals surface area (Å²) in [4.78, 5) is 14.4. The third-order valence-corrected chi connectivity index (χ3v) is 4.95. The van der Waals surface area contributed by atoms with E-state index in [2.05, 4.69) is 10.2 Å². The Morgan fingerprint density at radius 1 is 1.07 bits per heavy atom. The third-order valence-electron chi connectivity index (χ3n) is 4.65. The predicted octanol–water partition coefficient (Wildman–Crippen LogP) is 4.41. The molecule has 146 valence electrons. The summed E-state index contributed by atoms with van der Waals surface area (Å²) in [6.07, 6.45) is -0.0146. The number of pyridine rings is 1. The van der Waals surface area contributed by atoms with Gasteiger partial charge in [-0.05, 0) is 50.2 Å². The van der Waals surface area contributed by atoms with Crippen molar-refractivity contribution in [3.05, 3.63) is 57.5 Å². The average molecular weight is 400 g/mol. The molecular formula is C19H21ClF3N3O. The van der Waals surface area contributed by atoms with Crippen LogP contribution in [0.5, 0.6) is 0 Å². The number of nitrogens with zero attached hydrogens (tertiary/aromatic N) is 2. The Morgan fingerprint density at radius 2 is 1.81 bits per heavy atom. The van der Waals surface area contributed by atoms with E-state index in [4.69, 9.17) is 11.6 Å². The number of piperidine rings is 1. The number of aromatic nitrogens is 1. The number of anilines is 1. The maximum absolute atomic E-state index is 12.9. The molecule has 27 heavy (non-hydrogen) atoms. The van der Waals surface area contributed by atoms with Gasteiger partial charge >= 0.3 is 6.18 Å².